The lowest BCUT2D eigenvalue weighted by molar-refractivity contribution is -0.145. The molecule has 3 rings (SSSR count). The van der Waals surface area contributed by atoms with Crippen molar-refractivity contribution in [2.45, 2.75) is 51.0 Å². The third-order valence-corrected chi connectivity index (χ3v) is 5.09. The van der Waals surface area contributed by atoms with E-state index in [-0.39, 0.29) is 11.8 Å². The summed E-state index contributed by atoms with van der Waals surface area (Å²) in [4.78, 5) is 37.6. The van der Waals surface area contributed by atoms with E-state index in [9.17, 15) is 19.5 Å². The van der Waals surface area contributed by atoms with Crippen molar-refractivity contribution in [1.29, 1.82) is 0 Å². The second-order valence-corrected chi connectivity index (χ2v) is 6.67. The Hall–Kier alpha value is -2.37. The molecule has 2 N–H and O–H groups in total. The maximum Gasteiger partial charge on any atom is 0.329 e. The second-order valence-electron chi connectivity index (χ2n) is 6.67. The molecule has 6 heteroatoms. The van der Waals surface area contributed by atoms with Gasteiger partial charge in [-0.15, -0.1) is 0 Å². The number of amides is 2. The number of nitrogens with one attached hydrogen (secondary N) is 1. The number of hydrogen-bond donors (Lipinski definition) is 2. The van der Waals surface area contributed by atoms with Crippen LogP contribution in [0, 0.1) is 0 Å². The first kappa shape index (κ1) is 16.5. The van der Waals surface area contributed by atoms with Crippen molar-refractivity contribution < 1.29 is 19.5 Å². The van der Waals surface area contributed by atoms with Gasteiger partial charge in [0, 0.05) is 24.7 Å². The van der Waals surface area contributed by atoms with Gasteiger partial charge in [0.15, 0.2) is 0 Å². The lowest BCUT2D eigenvalue weighted by atomic mass is 9.81. The first-order valence-corrected chi connectivity index (χ1v) is 8.40. The van der Waals surface area contributed by atoms with Gasteiger partial charge in [0.05, 0.1) is 0 Å². The van der Waals surface area contributed by atoms with Gasteiger partial charge in [0.25, 0.3) is 5.91 Å². The third-order valence-electron chi connectivity index (χ3n) is 5.09. The minimum Gasteiger partial charge on any atom is -0.480 e. The Morgan fingerprint density at radius 1 is 1.17 bits per heavy atom. The number of benzene rings is 1. The predicted molar refractivity (Wildman–Crippen MR) is 89.1 cm³/mol. The molecule has 1 saturated carbocycles. The maximum atomic E-state index is 12.6. The molecule has 0 saturated heterocycles. The van der Waals surface area contributed by atoms with E-state index >= 15 is 0 Å². The smallest absolute Gasteiger partial charge is 0.329 e. The predicted octanol–water partition coefficient (Wildman–Crippen LogP) is 2.11. The molecule has 1 fully saturated rings. The standard InChI is InChI=1S/C18H22N2O4/c1-12(21)20-10-7-13-11-14(5-6-15(13)20)16(22)19-18(17(23)24)8-3-2-4-9-18/h5-6,11H,2-4,7-10H2,1H3,(H,19,22)(H,23,24). The van der Waals surface area contributed by atoms with Crippen molar-refractivity contribution in [3.63, 3.8) is 0 Å². The summed E-state index contributed by atoms with van der Waals surface area (Å²) in [7, 11) is 0. The van der Waals surface area contributed by atoms with Crippen molar-refractivity contribution in [1.82, 2.24) is 5.32 Å². The normalized spacial score (nSPS) is 18.8. The van der Waals surface area contributed by atoms with Gasteiger partial charge < -0.3 is 15.3 Å². The van der Waals surface area contributed by atoms with Gasteiger partial charge in [-0.1, -0.05) is 19.3 Å². The summed E-state index contributed by atoms with van der Waals surface area (Å²) in [6.07, 6.45) is 4.27. The number of carboxylic acids is 1. The van der Waals surface area contributed by atoms with Gasteiger partial charge in [-0.25, -0.2) is 4.79 Å². The topological polar surface area (TPSA) is 86.7 Å². The monoisotopic (exact) mass is 330 g/mol. The summed E-state index contributed by atoms with van der Waals surface area (Å²) in [6, 6.07) is 5.20. The molecule has 1 aliphatic heterocycles. The molecule has 0 unspecified atom stereocenters. The van der Waals surface area contributed by atoms with Crippen molar-refractivity contribution in [2.24, 2.45) is 0 Å². The maximum absolute atomic E-state index is 12.6. The second kappa shape index (κ2) is 6.26. The van der Waals surface area contributed by atoms with Crippen LogP contribution in [0.2, 0.25) is 0 Å². The number of fused-ring (bicyclic) bond motifs is 1. The van der Waals surface area contributed by atoms with Crippen LogP contribution in [0.5, 0.6) is 0 Å². The highest BCUT2D eigenvalue weighted by Crippen LogP contribution is 2.31. The molecular weight excluding hydrogens is 308 g/mol. The van der Waals surface area contributed by atoms with Gasteiger partial charge in [0.2, 0.25) is 5.91 Å². The Labute approximate surface area is 140 Å². The molecule has 1 aromatic rings. The van der Waals surface area contributed by atoms with Gasteiger partial charge in [0.1, 0.15) is 5.54 Å². The fourth-order valence-electron chi connectivity index (χ4n) is 3.71. The molecule has 1 heterocycles. The van der Waals surface area contributed by atoms with E-state index in [2.05, 4.69) is 5.32 Å². The number of carbonyl (C=O) groups is 3. The molecule has 0 spiro atoms. The number of rotatable bonds is 3. The number of carboxylic acid groups (broad SMARTS) is 1. The number of nitrogens with zero attached hydrogens (tertiary/aromatic N) is 1. The molecule has 0 atom stereocenters. The molecule has 6 nitrogen and oxygen atoms in total. The lowest BCUT2D eigenvalue weighted by Gasteiger charge is -2.34. The Bertz CT molecular complexity index is 692. The van der Waals surface area contributed by atoms with Crippen molar-refractivity contribution >= 4 is 23.5 Å². The van der Waals surface area contributed by atoms with Gasteiger partial charge in [-0.2, -0.15) is 0 Å². The average Bonchev–Trinajstić information content (AvgIpc) is 2.98. The Morgan fingerprint density at radius 2 is 1.88 bits per heavy atom. The first-order chi connectivity index (χ1) is 11.4. The van der Waals surface area contributed by atoms with Crippen LogP contribution in [0.3, 0.4) is 0 Å². The highest BCUT2D eigenvalue weighted by atomic mass is 16.4. The number of carbonyl (C=O) groups excluding carboxylic acids is 2. The summed E-state index contributed by atoms with van der Waals surface area (Å²) >= 11 is 0. The Balaban J connectivity index is 1.81. The zero-order chi connectivity index (χ0) is 17.3. The summed E-state index contributed by atoms with van der Waals surface area (Å²) in [5.41, 5.74) is 1.08. The van der Waals surface area contributed by atoms with Crippen LogP contribution in [0.1, 0.15) is 54.9 Å². The Morgan fingerprint density at radius 3 is 2.50 bits per heavy atom. The van der Waals surface area contributed by atoms with Gasteiger partial charge >= 0.3 is 5.97 Å². The number of anilines is 1. The molecule has 0 aromatic heterocycles. The van der Waals surface area contributed by atoms with E-state index in [4.69, 9.17) is 0 Å². The molecule has 0 bridgehead atoms. The van der Waals surface area contributed by atoms with Crippen molar-refractivity contribution in [3.8, 4) is 0 Å². The largest absolute Gasteiger partial charge is 0.480 e. The quantitative estimate of drug-likeness (QED) is 0.889. The van der Waals surface area contributed by atoms with Crippen molar-refractivity contribution in [2.75, 3.05) is 11.4 Å². The van der Waals surface area contributed by atoms with Crippen LogP contribution < -0.4 is 10.2 Å². The minimum atomic E-state index is -1.15. The molecule has 1 aromatic carbocycles. The minimum absolute atomic E-state index is 0.0158. The van der Waals surface area contributed by atoms with Crippen LogP contribution >= 0.6 is 0 Å². The summed E-state index contributed by atoms with van der Waals surface area (Å²) in [5, 5.41) is 12.3. The molecule has 2 amide bonds. The number of aliphatic carboxylic acids is 1. The number of hydrogen-bond acceptors (Lipinski definition) is 3. The van der Waals surface area contributed by atoms with Crippen LogP contribution in [0.4, 0.5) is 5.69 Å². The van der Waals surface area contributed by atoms with Crippen molar-refractivity contribution in [3.05, 3.63) is 29.3 Å². The lowest BCUT2D eigenvalue weighted by Crippen LogP contribution is -2.55. The van der Waals surface area contributed by atoms with Crippen LogP contribution in [0.25, 0.3) is 0 Å². The van der Waals surface area contributed by atoms with E-state index in [1.54, 1.807) is 23.1 Å². The van der Waals surface area contributed by atoms with E-state index in [1.807, 2.05) is 0 Å². The van der Waals surface area contributed by atoms with Gasteiger partial charge in [-0.05, 0) is 43.0 Å². The zero-order valence-corrected chi connectivity index (χ0v) is 13.8. The van der Waals surface area contributed by atoms with Crippen LogP contribution in [0.15, 0.2) is 18.2 Å². The SMILES string of the molecule is CC(=O)N1CCc2cc(C(=O)NC3(C(=O)O)CCCCC3)ccc21. The van der Waals surface area contributed by atoms with E-state index in [0.717, 1.165) is 30.5 Å². The fraction of sp³-hybridized carbons (Fsp3) is 0.500. The van der Waals surface area contributed by atoms with E-state index in [0.29, 0.717) is 31.4 Å². The molecule has 128 valence electrons. The van der Waals surface area contributed by atoms with E-state index < -0.39 is 11.5 Å². The first-order valence-electron chi connectivity index (χ1n) is 8.40. The third kappa shape index (κ3) is 2.88. The highest BCUT2D eigenvalue weighted by Gasteiger charge is 2.41. The van der Waals surface area contributed by atoms with E-state index in [1.165, 1.54) is 6.92 Å². The van der Waals surface area contributed by atoms with Gasteiger partial charge in [-0.3, -0.25) is 9.59 Å². The molecular formula is C18H22N2O4. The summed E-state index contributed by atoms with van der Waals surface area (Å²) in [5.74, 6) is -1.33. The molecule has 0 radical (unpaired) electrons. The fourth-order valence-corrected chi connectivity index (χ4v) is 3.71. The summed E-state index contributed by atoms with van der Waals surface area (Å²) < 4.78 is 0. The Kier molecular flexibility index (Phi) is 4.30. The summed E-state index contributed by atoms with van der Waals surface area (Å²) in [6.45, 7) is 2.14. The zero-order valence-electron chi connectivity index (χ0n) is 13.8. The highest BCUT2D eigenvalue weighted by molar-refractivity contribution is 6.00. The van der Waals surface area contributed by atoms with Crippen LogP contribution in [-0.4, -0.2) is 35.0 Å². The molecule has 24 heavy (non-hydrogen) atoms. The van der Waals surface area contributed by atoms with Crippen LogP contribution in [-0.2, 0) is 16.0 Å². The molecule has 2 aliphatic rings. The average molecular weight is 330 g/mol. The molecule has 1 aliphatic carbocycles.